The SMILES string of the molecule is Cc1c(C(N)=O)ccc(C(F)(F)F)c1C(F)(F)F. The topological polar surface area (TPSA) is 43.1 Å². The molecular formula is C10H7F6NO. The molecule has 2 N–H and O–H groups in total. The first-order valence-electron chi connectivity index (χ1n) is 4.54. The zero-order valence-corrected chi connectivity index (χ0v) is 8.91. The lowest BCUT2D eigenvalue weighted by Crippen LogP contribution is -2.22. The molecule has 0 atom stereocenters. The number of carbonyl (C=O) groups excluding carboxylic acids is 1. The fourth-order valence-electron chi connectivity index (χ4n) is 1.58. The van der Waals surface area contributed by atoms with E-state index in [1.54, 1.807) is 0 Å². The minimum absolute atomic E-state index is 0.204. The molecule has 0 heterocycles. The second-order valence-electron chi connectivity index (χ2n) is 3.52. The molecule has 1 rings (SSSR count). The van der Waals surface area contributed by atoms with Gasteiger partial charge in [-0.2, -0.15) is 26.3 Å². The Balaban J connectivity index is 3.69. The Morgan fingerprint density at radius 3 is 1.89 bits per heavy atom. The summed E-state index contributed by atoms with van der Waals surface area (Å²) < 4.78 is 75.3. The van der Waals surface area contributed by atoms with Crippen molar-refractivity contribution in [3.63, 3.8) is 0 Å². The quantitative estimate of drug-likeness (QED) is 0.783. The Bertz CT molecular complexity index is 488. The van der Waals surface area contributed by atoms with Crippen molar-refractivity contribution >= 4 is 5.91 Å². The van der Waals surface area contributed by atoms with Crippen molar-refractivity contribution in [2.75, 3.05) is 0 Å². The normalized spacial score (nSPS) is 12.6. The maximum atomic E-state index is 12.6. The number of alkyl halides is 6. The monoisotopic (exact) mass is 271 g/mol. The number of hydrogen-bond donors (Lipinski definition) is 1. The van der Waals surface area contributed by atoms with Crippen molar-refractivity contribution in [3.8, 4) is 0 Å². The molecule has 0 aromatic heterocycles. The molecule has 1 amide bonds. The third-order valence-corrected chi connectivity index (χ3v) is 2.32. The highest BCUT2D eigenvalue weighted by Gasteiger charge is 2.44. The van der Waals surface area contributed by atoms with Gasteiger partial charge in [0.25, 0.3) is 0 Å². The summed E-state index contributed by atoms with van der Waals surface area (Å²) in [6.45, 7) is 0.776. The molecule has 1 aromatic rings. The molecule has 18 heavy (non-hydrogen) atoms. The molecule has 0 unspecified atom stereocenters. The molecule has 1 aromatic carbocycles. The van der Waals surface area contributed by atoms with Gasteiger partial charge in [-0.1, -0.05) is 0 Å². The standard InChI is InChI=1S/C10H7F6NO/c1-4-5(8(17)18)2-3-6(9(11,12)13)7(4)10(14,15)16/h2-3H,1H3,(H2,17,18). The van der Waals surface area contributed by atoms with Crippen LogP contribution in [0.15, 0.2) is 12.1 Å². The summed E-state index contributed by atoms with van der Waals surface area (Å²) in [6, 6.07) is 0.839. The van der Waals surface area contributed by atoms with E-state index in [4.69, 9.17) is 5.73 Å². The third-order valence-electron chi connectivity index (χ3n) is 2.32. The van der Waals surface area contributed by atoms with Crippen LogP contribution in [0.2, 0.25) is 0 Å². The lowest BCUT2D eigenvalue weighted by molar-refractivity contribution is -0.162. The molecule has 0 aliphatic heterocycles. The molecular weight excluding hydrogens is 264 g/mol. The van der Waals surface area contributed by atoms with E-state index in [-0.39, 0.29) is 6.07 Å². The molecule has 2 nitrogen and oxygen atoms in total. The number of primary amides is 1. The van der Waals surface area contributed by atoms with E-state index in [1.807, 2.05) is 0 Å². The lowest BCUT2D eigenvalue weighted by Gasteiger charge is -2.19. The van der Waals surface area contributed by atoms with Gasteiger partial charge in [-0.3, -0.25) is 4.79 Å². The summed E-state index contributed by atoms with van der Waals surface area (Å²) in [5.74, 6) is -1.22. The molecule has 0 bridgehead atoms. The summed E-state index contributed by atoms with van der Waals surface area (Å²) in [4.78, 5) is 10.8. The van der Waals surface area contributed by atoms with Crippen molar-refractivity contribution in [1.29, 1.82) is 0 Å². The smallest absolute Gasteiger partial charge is 0.366 e. The maximum Gasteiger partial charge on any atom is 0.417 e. The van der Waals surface area contributed by atoms with Crippen LogP contribution in [0, 0.1) is 6.92 Å². The zero-order chi connectivity index (χ0) is 14.3. The molecule has 0 aliphatic carbocycles. The van der Waals surface area contributed by atoms with Crippen LogP contribution in [0.25, 0.3) is 0 Å². The Labute approximate surface area is 97.4 Å². The van der Waals surface area contributed by atoms with Gasteiger partial charge in [0.05, 0.1) is 11.1 Å². The number of rotatable bonds is 1. The van der Waals surface area contributed by atoms with Gasteiger partial charge >= 0.3 is 12.4 Å². The number of amides is 1. The summed E-state index contributed by atoms with van der Waals surface area (Å²) in [5, 5.41) is 0. The van der Waals surface area contributed by atoms with E-state index < -0.39 is 40.5 Å². The van der Waals surface area contributed by atoms with Crippen molar-refractivity contribution in [2.24, 2.45) is 5.73 Å². The lowest BCUT2D eigenvalue weighted by atomic mass is 9.95. The number of carbonyl (C=O) groups is 1. The molecule has 8 heteroatoms. The molecule has 0 spiro atoms. The summed E-state index contributed by atoms with van der Waals surface area (Å²) in [7, 11) is 0. The molecule has 0 aliphatic rings. The average Bonchev–Trinajstić information content (AvgIpc) is 2.12. The third kappa shape index (κ3) is 2.57. The van der Waals surface area contributed by atoms with Gasteiger partial charge in [0.2, 0.25) is 5.91 Å². The first-order chi connectivity index (χ1) is 7.96. The van der Waals surface area contributed by atoms with Crippen LogP contribution in [0.1, 0.15) is 27.0 Å². The Hall–Kier alpha value is -1.73. The van der Waals surface area contributed by atoms with E-state index >= 15 is 0 Å². The van der Waals surface area contributed by atoms with Gasteiger partial charge in [-0.05, 0) is 24.6 Å². The summed E-state index contributed by atoms with van der Waals surface area (Å²) >= 11 is 0. The van der Waals surface area contributed by atoms with Gasteiger partial charge in [0.15, 0.2) is 0 Å². The fraction of sp³-hybridized carbons (Fsp3) is 0.300. The summed E-state index contributed by atoms with van der Waals surface area (Å²) in [6.07, 6.45) is -10.4. The van der Waals surface area contributed by atoms with Crippen LogP contribution in [0.3, 0.4) is 0 Å². The number of halogens is 6. The van der Waals surface area contributed by atoms with Crippen molar-refractivity contribution in [2.45, 2.75) is 19.3 Å². The van der Waals surface area contributed by atoms with Crippen LogP contribution in [0.4, 0.5) is 26.3 Å². The first-order valence-corrected chi connectivity index (χ1v) is 4.54. The first kappa shape index (κ1) is 14.3. The molecule has 0 saturated carbocycles. The molecule has 0 radical (unpaired) electrons. The second-order valence-corrected chi connectivity index (χ2v) is 3.52. The second kappa shape index (κ2) is 4.18. The predicted octanol–water partition coefficient (Wildman–Crippen LogP) is 3.13. The fourth-order valence-corrected chi connectivity index (χ4v) is 1.58. The van der Waals surface area contributed by atoms with Gasteiger partial charge in [0, 0.05) is 5.56 Å². The van der Waals surface area contributed by atoms with E-state index in [0.29, 0.717) is 6.07 Å². The molecule has 0 fully saturated rings. The number of benzene rings is 1. The van der Waals surface area contributed by atoms with Crippen LogP contribution < -0.4 is 5.73 Å². The van der Waals surface area contributed by atoms with Crippen LogP contribution in [-0.4, -0.2) is 5.91 Å². The minimum atomic E-state index is -5.22. The van der Waals surface area contributed by atoms with E-state index in [2.05, 4.69) is 0 Å². The largest absolute Gasteiger partial charge is 0.417 e. The predicted molar refractivity (Wildman–Crippen MR) is 49.7 cm³/mol. The Kier molecular flexibility index (Phi) is 3.33. The van der Waals surface area contributed by atoms with E-state index in [1.165, 1.54) is 0 Å². The van der Waals surface area contributed by atoms with Crippen molar-refractivity contribution in [1.82, 2.24) is 0 Å². The maximum absolute atomic E-state index is 12.6. The highest BCUT2D eigenvalue weighted by Crippen LogP contribution is 2.42. The highest BCUT2D eigenvalue weighted by molar-refractivity contribution is 5.94. The van der Waals surface area contributed by atoms with Gasteiger partial charge in [-0.15, -0.1) is 0 Å². The Morgan fingerprint density at radius 1 is 1.06 bits per heavy atom. The van der Waals surface area contributed by atoms with E-state index in [9.17, 15) is 31.1 Å². The highest BCUT2D eigenvalue weighted by atomic mass is 19.4. The zero-order valence-electron chi connectivity index (χ0n) is 8.91. The molecule has 0 saturated heterocycles. The van der Waals surface area contributed by atoms with Gasteiger partial charge in [-0.25, -0.2) is 0 Å². The van der Waals surface area contributed by atoms with Crippen molar-refractivity contribution in [3.05, 3.63) is 34.4 Å². The van der Waals surface area contributed by atoms with Gasteiger partial charge in [0.1, 0.15) is 0 Å². The minimum Gasteiger partial charge on any atom is -0.366 e. The van der Waals surface area contributed by atoms with Gasteiger partial charge < -0.3 is 5.73 Å². The van der Waals surface area contributed by atoms with Crippen molar-refractivity contribution < 1.29 is 31.1 Å². The van der Waals surface area contributed by atoms with E-state index in [0.717, 1.165) is 6.92 Å². The summed E-state index contributed by atoms with van der Waals surface area (Å²) in [5.41, 5.74) is -0.337. The van der Waals surface area contributed by atoms with Crippen LogP contribution in [-0.2, 0) is 12.4 Å². The number of nitrogens with two attached hydrogens (primary N) is 1. The molecule has 100 valence electrons. The van der Waals surface area contributed by atoms with Crippen LogP contribution in [0.5, 0.6) is 0 Å². The average molecular weight is 271 g/mol. The Morgan fingerprint density at radius 2 is 1.56 bits per heavy atom. The van der Waals surface area contributed by atoms with Crippen LogP contribution >= 0.6 is 0 Å². The number of hydrogen-bond acceptors (Lipinski definition) is 1.